The molecule has 178 valence electrons. The van der Waals surface area contributed by atoms with Gasteiger partial charge in [-0.05, 0) is 37.1 Å². The van der Waals surface area contributed by atoms with E-state index in [9.17, 15) is 14.7 Å². The molecule has 1 aliphatic rings. The van der Waals surface area contributed by atoms with Gasteiger partial charge in [-0.2, -0.15) is 0 Å². The van der Waals surface area contributed by atoms with Crippen LogP contribution in [0.15, 0.2) is 36.4 Å². The van der Waals surface area contributed by atoms with E-state index in [0.29, 0.717) is 52.6 Å². The van der Waals surface area contributed by atoms with E-state index >= 15 is 0 Å². The minimum atomic E-state index is -1.15. The lowest BCUT2D eigenvalue weighted by atomic mass is 10.0. The largest absolute Gasteiger partial charge is 0.491 e. The van der Waals surface area contributed by atoms with E-state index < -0.39 is 5.97 Å². The number of para-hydroxylation sites is 1. The Bertz CT molecular complexity index is 1260. The van der Waals surface area contributed by atoms with Crippen molar-refractivity contribution in [1.29, 1.82) is 0 Å². The highest BCUT2D eigenvalue weighted by atomic mass is 16.6. The maximum atomic E-state index is 13.1. The van der Waals surface area contributed by atoms with E-state index in [1.165, 1.54) is 0 Å². The molecule has 3 aromatic rings. The van der Waals surface area contributed by atoms with Gasteiger partial charge in [0.05, 0.1) is 33.9 Å². The SMILES string of the molecule is Cc1nc2cccc(OC[C@@H](NC(=O)c3cccc4c3OCCO4)C(C)C)c2c(N)c1C(=O)O. The number of benzene rings is 2. The normalized spacial score (nSPS) is 13.5. The summed E-state index contributed by atoms with van der Waals surface area (Å²) in [4.78, 5) is 29.1. The molecular formula is C25H27N3O6. The first kappa shape index (κ1) is 23.2. The minimum absolute atomic E-state index is 0.0444. The van der Waals surface area contributed by atoms with Crippen molar-refractivity contribution < 1.29 is 28.9 Å². The third kappa shape index (κ3) is 4.41. The molecule has 4 N–H and O–H groups in total. The number of amides is 1. The number of hydrogen-bond acceptors (Lipinski definition) is 7. The molecule has 34 heavy (non-hydrogen) atoms. The summed E-state index contributed by atoms with van der Waals surface area (Å²) in [6.07, 6.45) is 0. The lowest BCUT2D eigenvalue weighted by molar-refractivity contribution is 0.0696. The van der Waals surface area contributed by atoms with Crippen molar-refractivity contribution in [1.82, 2.24) is 10.3 Å². The Hall–Kier alpha value is -4.01. The summed E-state index contributed by atoms with van der Waals surface area (Å²) in [5, 5.41) is 13.0. The lowest BCUT2D eigenvalue weighted by Gasteiger charge is -2.25. The van der Waals surface area contributed by atoms with Gasteiger partial charge in [0, 0.05) is 0 Å². The second-order valence-corrected chi connectivity index (χ2v) is 8.41. The van der Waals surface area contributed by atoms with Crippen LogP contribution in [-0.4, -0.2) is 47.8 Å². The van der Waals surface area contributed by atoms with E-state index in [-0.39, 0.29) is 35.7 Å². The average molecular weight is 466 g/mol. The van der Waals surface area contributed by atoms with Crippen LogP contribution in [0, 0.1) is 12.8 Å². The standard InChI is InChI=1S/C25H27N3O6/c1-13(2)17(28-24(29)15-6-4-9-19-23(15)33-11-10-32-19)12-34-18-8-5-7-16-21(18)22(26)20(25(30)31)14(3)27-16/h4-9,13,17H,10-12H2,1-3H3,(H2,26,27)(H,28,29)(H,30,31)/t17-/m1/s1. The van der Waals surface area contributed by atoms with Crippen molar-refractivity contribution in [2.45, 2.75) is 26.8 Å². The molecule has 0 unspecified atom stereocenters. The number of carboxylic acids is 1. The van der Waals surface area contributed by atoms with E-state index in [0.717, 1.165) is 0 Å². The van der Waals surface area contributed by atoms with E-state index in [4.69, 9.17) is 19.9 Å². The molecule has 2 heterocycles. The topological polar surface area (TPSA) is 133 Å². The summed E-state index contributed by atoms with van der Waals surface area (Å²) < 4.78 is 17.3. The Balaban J connectivity index is 1.58. The van der Waals surface area contributed by atoms with Crippen molar-refractivity contribution in [2.24, 2.45) is 5.92 Å². The number of aromatic carboxylic acids is 1. The number of fused-ring (bicyclic) bond motifs is 2. The monoisotopic (exact) mass is 465 g/mol. The third-order valence-corrected chi connectivity index (χ3v) is 5.76. The minimum Gasteiger partial charge on any atom is -0.491 e. The van der Waals surface area contributed by atoms with Gasteiger partial charge in [0.1, 0.15) is 31.1 Å². The molecule has 0 radical (unpaired) electrons. The van der Waals surface area contributed by atoms with Gasteiger partial charge < -0.3 is 30.4 Å². The first-order valence-electron chi connectivity index (χ1n) is 11.0. The summed E-state index contributed by atoms with van der Waals surface area (Å²) in [6, 6.07) is 10.1. The summed E-state index contributed by atoms with van der Waals surface area (Å²) in [5.74, 6) is -0.0308. The molecule has 0 spiro atoms. The molecule has 2 aromatic carbocycles. The van der Waals surface area contributed by atoms with Crippen LogP contribution in [0.25, 0.3) is 10.9 Å². The number of nitrogens with one attached hydrogen (secondary N) is 1. The van der Waals surface area contributed by atoms with Crippen LogP contribution in [-0.2, 0) is 0 Å². The van der Waals surface area contributed by atoms with Gasteiger partial charge in [-0.25, -0.2) is 4.79 Å². The van der Waals surface area contributed by atoms with E-state index in [1.54, 1.807) is 43.3 Å². The lowest BCUT2D eigenvalue weighted by Crippen LogP contribution is -2.43. The van der Waals surface area contributed by atoms with Crippen LogP contribution < -0.4 is 25.3 Å². The summed E-state index contributed by atoms with van der Waals surface area (Å²) in [6.45, 7) is 6.51. The first-order valence-corrected chi connectivity index (χ1v) is 11.0. The number of carbonyl (C=O) groups excluding carboxylic acids is 1. The van der Waals surface area contributed by atoms with Gasteiger partial charge in [0.15, 0.2) is 11.5 Å². The highest BCUT2D eigenvalue weighted by molar-refractivity contribution is 6.06. The number of aryl methyl sites for hydroxylation is 1. The molecule has 4 rings (SSSR count). The van der Waals surface area contributed by atoms with Gasteiger partial charge in [-0.3, -0.25) is 9.78 Å². The number of anilines is 1. The third-order valence-electron chi connectivity index (χ3n) is 5.76. The smallest absolute Gasteiger partial charge is 0.339 e. The van der Waals surface area contributed by atoms with Crippen molar-refractivity contribution >= 4 is 28.5 Å². The Morgan fingerprint density at radius 3 is 2.65 bits per heavy atom. The van der Waals surface area contributed by atoms with Crippen LogP contribution >= 0.6 is 0 Å². The highest BCUT2D eigenvalue weighted by Crippen LogP contribution is 2.35. The second kappa shape index (κ2) is 9.46. The van der Waals surface area contributed by atoms with E-state index in [2.05, 4.69) is 10.3 Å². The number of rotatable bonds is 7. The number of aromatic nitrogens is 1. The molecule has 1 amide bonds. The fourth-order valence-electron chi connectivity index (χ4n) is 3.91. The average Bonchev–Trinajstić information content (AvgIpc) is 2.80. The predicted octanol–water partition coefficient (Wildman–Crippen LogP) is 3.43. The Morgan fingerprint density at radius 2 is 1.91 bits per heavy atom. The number of nitrogens with zero attached hydrogens (tertiary/aromatic N) is 1. The molecule has 0 bridgehead atoms. The zero-order valence-electron chi connectivity index (χ0n) is 19.3. The van der Waals surface area contributed by atoms with E-state index in [1.807, 2.05) is 13.8 Å². The highest BCUT2D eigenvalue weighted by Gasteiger charge is 2.25. The molecule has 9 heteroatoms. The van der Waals surface area contributed by atoms with Gasteiger partial charge >= 0.3 is 5.97 Å². The number of carboxylic acid groups (broad SMARTS) is 1. The fraction of sp³-hybridized carbons (Fsp3) is 0.320. The number of ether oxygens (including phenoxy) is 3. The van der Waals surface area contributed by atoms with Gasteiger partial charge in [-0.15, -0.1) is 0 Å². The van der Waals surface area contributed by atoms with Gasteiger partial charge in [0.25, 0.3) is 5.91 Å². The van der Waals surface area contributed by atoms with Crippen molar-refractivity contribution in [3.05, 3.63) is 53.2 Å². The van der Waals surface area contributed by atoms with Crippen LogP contribution in [0.2, 0.25) is 0 Å². The van der Waals surface area contributed by atoms with Crippen molar-refractivity contribution in [3.8, 4) is 17.2 Å². The Morgan fingerprint density at radius 1 is 1.18 bits per heavy atom. The van der Waals surface area contributed by atoms with Gasteiger partial charge in [-0.1, -0.05) is 26.0 Å². The maximum Gasteiger partial charge on any atom is 0.339 e. The molecule has 1 aliphatic heterocycles. The summed E-state index contributed by atoms with van der Waals surface area (Å²) >= 11 is 0. The van der Waals surface area contributed by atoms with Crippen LogP contribution in [0.3, 0.4) is 0 Å². The molecule has 1 atom stereocenters. The number of nitrogen functional groups attached to an aromatic ring is 1. The van der Waals surface area contributed by atoms with Crippen LogP contribution in [0.5, 0.6) is 17.2 Å². The summed E-state index contributed by atoms with van der Waals surface area (Å²) in [7, 11) is 0. The van der Waals surface area contributed by atoms with Crippen LogP contribution in [0.4, 0.5) is 5.69 Å². The zero-order valence-corrected chi connectivity index (χ0v) is 19.3. The maximum absolute atomic E-state index is 13.1. The molecule has 0 aliphatic carbocycles. The molecule has 1 aromatic heterocycles. The molecule has 0 fully saturated rings. The number of nitrogens with two attached hydrogens (primary N) is 1. The van der Waals surface area contributed by atoms with Crippen molar-refractivity contribution in [3.63, 3.8) is 0 Å². The van der Waals surface area contributed by atoms with Crippen LogP contribution in [0.1, 0.15) is 40.3 Å². The first-order chi connectivity index (χ1) is 16.3. The zero-order chi connectivity index (χ0) is 24.4. The Labute approximate surface area is 196 Å². The number of carbonyl (C=O) groups is 2. The fourth-order valence-corrected chi connectivity index (χ4v) is 3.91. The predicted molar refractivity (Wildman–Crippen MR) is 127 cm³/mol. The summed E-state index contributed by atoms with van der Waals surface area (Å²) in [5.41, 5.74) is 7.53. The second-order valence-electron chi connectivity index (χ2n) is 8.41. The van der Waals surface area contributed by atoms with Gasteiger partial charge in [0.2, 0.25) is 0 Å². The number of hydrogen-bond donors (Lipinski definition) is 3. The quantitative estimate of drug-likeness (QED) is 0.483. The molecule has 9 nitrogen and oxygen atoms in total. The molecule has 0 saturated heterocycles. The molecule has 0 saturated carbocycles. The Kier molecular flexibility index (Phi) is 6.45. The molecular weight excluding hydrogens is 438 g/mol. The number of pyridine rings is 1. The van der Waals surface area contributed by atoms with Crippen molar-refractivity contribution in [2.75, 3.05) is 25.6 Å².